The molecule has 2 aromatic heterocycles. The van der Waals surface area contributed by atoms with Crippen LogP contribution in [-0.4, -0.2) is 99.6 Å². The van der Waals surface area contributed by atoms with Gasteiger partial charge in [0.1, 0.15) is 18.7 Å². The van der Waals surface area contributed by atoms with Crippen LogP contribution in [0.5, 0.6) is 0 Å². The SMILES string of the molecule is CCCOOCC1CCC(n2cnc3c(=O)[nH]c(/N=C4\CCCN4C)nc32)O1.COCCO.OP(S)OC1CCCCC1. The number of nitrogens with zero attached hydrogens (tertiary/aromatic N) is 5. The third-order valence-electron chi connectivity index (χ3n) is 7.10. The van der Waals surface area contributed by atoms with Gasteiger partial charge in [-0.15, -0.1) is 0 Å². The van der Waals surface area contributed by atoms with E-state index in [9.17, 15) is 4.79 Å². The molecule has 3 unspecified atom stereocenters. The average molecular weight is 647 g/mol. The van der Waals surface area contributed by atoms with Gasteiger partial charge in [-0.1, -0.05) is 38.4 Å². The predicted molar refractivity (Wildman–Crippen MR) is 167 cm³/mol. The van der Waals surface area contributed by atoms with E-state index < -0.39 is 7.58 Å². The Morgan fingerprint density at radius 3 is 2.60 bits per heavy atom. The molecule has 0 aromatic carbocycles. The highest BCUT2D eigenvalue weighted by Gasteiger charge is 2.29. The molecule has 43 heavy (non-hydrogen) atoms. The molecule has 1 saturated carbocycles. The third-order valence-corrected chi connectivity index (χ3v) is 7.87. The van der Waals surface area contributed by atoms with Gasteiger partial charge in [0.2, 0.25) is 13.5 Å². The minimum atomic E-state index is -1.43. The minimum Gasteiger partial charge on any atom is -0.394 e. The number of hydrogen-bond donors (Lipinski definition) is 4. The van der Waals surface area contributed by atoms with Gasteiger partial charge in [0, 0.05) is 27.1 Å². The Kier molecular flexibility index (Phi) is 16.4. The largest absolute Gasteiger partial charge is 0.394 e. The maximum Gasteiger partial charge on any atom is 0.280 e. The maximum absolute atomic E-state index is 12.4. The first-order valence-electron chi connectivity index (χ1n) is 15.0. The normalized spacial score (nSPS) is 22.4. The van der Waals surface area contributed by atoms with E-state index >= 15 is 0 Å². The van der Waals surface area contributed by atoms with Crippen molar-refractivity contribution >= 4 is 42.8 Å². The number of methoxy groups -OCH3 is 1. The first kappa shape index (κ1) is 35.8. The molecule has 0 radical (unpaired) electrons. The van der Waals surface area contributed by atoms with Gasteiger partial charge >= 0.3 is 0 Å². The average Bonchev–Trinajstić information content (AvgIpc) is 3.73. The molecule has 3 atom stereocenters. The Morgan fingerprint density at radius 1 is 1.19 bits per heavy atom. The number of aromatic nitrogens is 4. The van der Waals surface area contributed by atoms with Gasteiger partial charge in [-0.25, -0.2) is 14.8 Å². The van der Waals surface area contributed by atoms with Gasteiger partial charge in [-0.3, -0.25) is 14.3 Å². The number of amidine groups is 1. The van der Waals surface area contributed by atoms with Crippen molar-refractivity contribution in [3.63, 3.8) is 0 Å². The molecule has 2 saturated heterocycles. The number of fused-ring (bicyclic) bond motifs is 1. The number of ether oxygens (including phenoxy) is 2. The van der Waals surface area contributed by atoms with Crippen LogP contribution in [-0.2, 0) is 23.8 Å². The van der Waals surface area contributed by atoms with Crippen molar-refractivity contribution in [1.82, 2.24) is 24.4 Å². The molecule has 3 aliphatic rings. The highest BCUT2D eigenvalue weighted by molar-refractivity contribution is 8.41. The van der Waals surface area contributed by atoms with Gasteiger partial charge in [0.05, 0.1) is 38.4 Å². The number of aliphatic imine (C=N–C) groups is 1. The zero-order valence-corrected chi connectivity index (χ0v) is 27.2. The summed E-state index contributed by atoms with van der Waals surface area (Å²) in [5, 5.41) is 7.94. The number of aromatic amines is 1. The first-order chi connectivity index (χ1) is 20.9. The number of hydrogen-bond acceptors (Lipinski definition) is 12. The van der Waals surface area contributed by atoms with Crippen LogP contribution in [0, 0.1) is 0 Å². The van der Waals surface area contributed by atoms with Crippen LogP contribution in [0.4, 0.5) is 5.95 Å². The molecule has 0 spiro atoms. The van der Waals surface area contributed by atoms with Crippen molar-refractivity contribution in [3.05, 3.63) is 16.7 Å². The van der Waals surface area contributed by atoms with E-state index in [-0.39, 0.29) is 30.6 Å². The molecule has 4 heterocycles. The Bertz CT molecular complexity index is 1160. The van der Waals surface area contributed by atoms with Crippen LogP contribution in [0.15, 0.2) is 16.1 Å². The van der Waals surface area contributed by atoms with Crippen LogP contribution in [0.25, 0.3) is 11.2 Å². The standard InChI is InChI=1S/C18H26N6O4.C6H13O2PS.C3H8O2/c1-3-9-26-27-10-12-6-7-14(28-12)24-11-19-15-16(24)21-18(22-17(15)25)20-13-5-4-8-23(13)2;7-9(10)8-6-4-2-1-3-5-6;1-5-3-2-4/h11-12,14H,3-10H2,1-2H3,(H,21,22,25);6-7,10H,1-5H2;4H,2-3H2,1H3/b20-13+;;. The van der Waals surface area contributed by atoms with Crippen molar-refractivity contribution in [2.24, 2.45) is 4.99 Å². The van der Waals surface area contributed by atoms with E-state index in [1.54, 1.807) is 18.0 Å². The van der Waals surface area contributed by atoms with Crippen LogP contribution in [0.2, 0.25) is 0 Å². The highest BCUT2D eigenvalue weighted by atomic mass is 32.7. The lowest BCUT2D eigenvalue weighted by Gasteiger charge is -2.21. The number of thiol groups is 1. The molecule has 16 heteroatoms. The lowest BCUT2D eigenvalue weighted by atomic mass is 9.98. The Morgan fingerprint density at radius 2 is 1.98 bits per heavy atom. The fraction of sp³-hybridized carbons (Fsp3) is 0.778. The summed E-state index contributed by atoms with van der Waals surface area (Å²) in [5.74, 6) is 1.23. The van der Waals surface area contributed by atoms with Crippen molar-refractivity contribution in [1.29, 1.82) is 0 Å². The number of aliphatic hydroxyl groups is 1. The molecule has 0 bridgehead atoms. The van der Waals surface area contributed by atoms with Gasteiger partial charge in [0.15, 0.2) is 11.2 Å². The van der Waals surface area contributed by atoms with Crippen molar-refractivity contribution < 1.29 is 33.8 Å². The number of nitrogens with one attached hydrogen (secondary N) is 1. The maximum atomic E-state index is 12.4. The van der Waals surface area contributed by atoms with E-state index in [1.165, 1.54) is 19.3 Å². The molecular formula is C27H47N6O8PS. The summed E-state index contributed by atoms with van der Waals surface area (Å²) in [6, 6.07) is 0. The molecule has 244 valence electrons. The summed E-state index contributed by atoms with van der Waals surface area (Å²) >= 11 is 3.81. The monoisotopic (exact) mass is 646 g/mol. The quantitative estimate of drug-likeness (QED) is 0.0916. The second-order valence-electron chi connectivity index (χ2n) is 10.5. The Balaban J connectivity index is 0.000000278. The molecule has 2 aromatic rings. The number of rotatable bonds is 11. The second-order valence-corrected chi connectivity index (χ2v) is 12.2. The number of imidazole rings is 1. The lowest BCUT2D eigenvalue weighted by Crippen LogP contribution is -2.19. The highest BCUT2D eigenvalue weighted by Crippen LogP contribution is 2.40. The lowest BCUT2D eigenvalue weighted by molar-refractivity contribution is -0.306. The second kappa shape index (κ2) is 19.7. The topological polar surface area (TPSA) is 166 Å². The summed E-state index contributed by atoms with van der Waals surface area (Å²) in [7, 11) is 2.11. The first-order valence-corrected chi connectivity index (χ1v) is 17.3. The zero-order chi connectivity index (χ0) is 31.0. The molecule has 3 fully saturated rings. The third kappa shape index (κ3) is 12.0. The minimum absolute atomic E-state index is 0.0619. The van der Waals surface area contributed by atoms with E-state index in [1.807, 2.05) is 14.0 Å². The number of aliphatic hydroxyl groups excluding tert-OH is 1. The Labute approximate surface area is 259 Å². The number of likely N-dealkylation sites (tertiary alicyclic amines) is 1. The number of H-pyrrole nitrogens is 1. The fourth-order valence-electron chi connectivity index (χ4n) is 4.91. The van der Waals surface area contributed by atoms with Crippen molar-refractivity contribution in [2.45, 2.75) is 89.6 Å². The Hall–Kier alpha value is -1.68. The van der Waals surface area contributed by atoms with Gasteiger partial charge in [0.25, 0.3) is 5.56 Å². The van der Waals surface area contributed by atoms with Crippen molar-refractivity contribution in [2.75, 3.05) is 47.1 Å². The molecule has 5 rings (SSSR count). The molecule has 14 nitrogen and oxygen atoms in total. The zero-order valence-electron chi connectivity index (χ0n) is 25.4. The predicted octanol–water partition coefficient (Wildman–Crippen LogP) is 4.02. The van der Waals surface area contributed by atoms with Crippen LogP contribution >= 0.6 is 19.8 Å². The van der Waals surface area contributed by atoms with Crippen molar-refractivity contribution in [3.8, 4) is 0 Å². The van der Waals surface area contributed by atoms with Gasteiger partial charge in [-0.05, 0) is 38.5 Å². The fourth-order valence-corrected chi connectivity index (χ4v) is 5.79. The van der Waals surface area contributed by atoms with Crippen LogP contribution in [0.1, 0.15) is 77.4 Å². The van der Waals surface area contributed by atoms with Crippen LogP contribution < -0.4 is 5.56 Å². The summed E-state index contributed by atoms with van der Waals surface area (Å²) in [6.07, 6.45) is 12.0. The molecule has 2 aliphatic heterocycles. The molecular weight excluding hydrogens is 599 g/mol. The van der Waals surface area contributed by atoms with Gasteiger partial charge in [-0.2, -0.15) is 9.98 Å². The van der Waals surface area contributed by atoms with Gasteiger partial charge < -0.3 is 28.9 Å². The van der Waals surface area contributed by atoms with E-state index in [0.29, 0.717) is 36.9 Å². The molecule has 1 aliphatic carbocycles. The summed E-state index contributed by atoms with van der Waals surface area (Å²) in [6.45, 7) is 4.49. The smallest absolute Gasteiger partial charge is 0.280 e. The van der Waals surface area contributed by atoms with E-state index in [2.05, 4.69) is 41.8 Å². The van der Waals surface area contributed by atoms with E-state index in [0.717, 1.165) is 57.3 Å². The summed E-state index contributed by atoms with van der Waals surface area (Å²) in [5.41, 5.74) is 0.477. The van der Waals surface area contributed by atoms with Crippen LogP contribution in [0.3, 0.4) is 0 Å². The summed E-state index contributed by atoms with van der Waals surface area (Å²) in [4.78, 5) is 49.6. The molecule has 0 amide bonds. The molecule has 3 N–H and O–H groups in total. The van der Waals surface area contributed by atoms with E-state index in [4.69, 9.17) is 29.0 Å². The summed E-state index contributed by atoms with van der Waals surface area (Å²) < 4.78 is 17.5.